The van der Waals surface area contributed by atoms with Crippen LogP contribution in [0, 0.1) is 0 Å². The Kier molecular flexibility index (Phi) is 5.06. The summed E-state index contributed by atoms with van der Waals surface area (Å²) in [6, 6.07) is 4.42. The second-order valence-electron chi connectivity index (χ2n) is 6.78. The van der Waals surface area contributed by atoms with E-state index >= 15 is 0 Å². The number of rotatable bonds is 3. The maximum atomic E-state index is 12.1. The average Bonchev–Trinajstić information content (AvgIpc) is 2.93. The van der Waals surface area contributed by atoms with Gasteiger partial charge in [-0.05, 0) is 58.3 Å². The standard InChI is InChI=1S/C17H27N3O2/c1-6-20-11-7-8-14(20)13-9-10-15(18-12-13)19(5)16(21)22-17(2,3)4/h9-10,12,14H,6-8,11H2,1-5H3. The number of nitrogens with zero attached hydrogens (tertiary/aromatic N) is 3. The Morgan fingerprint density at radius 3 is 2.73 bits per heavy atom. The van der Waals surface area contributed by atoms with E-state index in [1.807, 2.05) is 33.0 Å². The highest BCUT2D eigenvalue weighted by Gasteiger charge is 2.25. The van der Waals surface area contributed by atoms with E-state index in [4.69, 9.17) is 4.74 Å². The van der Waals surface area contributed by atoms with Gasteiger partial charge in [0.2, 0.25) is 0 Å². The normalized spacial score (nSPS) is 19.2. The molecule has 1 fully saturated rings. The molecule has 1 atom stereocenters. The lowest BCUT2D eigenvalue weighted by molar-refractivity contribution is 0.0588. The van der Waals surface area contributed by atoms with E-state index < -0.39 is 5.60 Å². The average molecular weight is 305 g/mol. The van der Waals surface area contributed by atoms with Gasteiger partial charge in [-0.25, -0.2) is 9.78 Å². The molecule has 0 bridgehead atoms. The first-order valence-corrected chi connectivity index (χ1v) is 7.98. The summed E-state index contributed by atoms with van der Waals surface area (Å²) in [5, 5.41) is 0. The Morgan fingerprint density at radius 2 is 2.18 bits per heavy atom. The number of hydrogen-bond donors (Lipinski definition) is 0. The number of anilines is 1. The van der Waals surface area contributed by atoms with E-state index in [1.165, 1.54) is 23.3 Å². The summed E-state index contributed by atoms with van der Waals surface area (Å²) in [4.78, 5) is 20.4. The predicted molar refractivity (Wildman–Crippen MR) is 88.1 cm³/mol. The number of amides is 1. The summed E-state index contributed by atoms with van der Waals surface area (Å²) in [7, 11) is 1.68. The molecule has 1 unspecified atom stereocenters. The molecule has 0 N–H and O–H groups in total. The van der Waals surface area contributed by atoms with Crippen molar-refractivity contribution < 1.29 is 9.53 Å². The zero-order valence-electron chi connectivity index (χ0n) is 14.3. The zero-order chi connectivity index (χ0) is 16.3. The maximum Gasteiger partial charge on any atom is 0.415 e. The Hall–Kier alpha value is -1.62. The largest absolute Gasteiger partial charge is 0.443 e. The van der Waals surface area contributed by atoms with Crippen molar-refractivity contribution in [2.45, 2.75) is 52.2 Å². The fourth-order valence-corrected chi connectivity index (χ4v) is 2.80. The maximum absolute atomic E-state index is 12.1. The lowest BCUT2D eigenvalue weighted by atomic mass is 10.1. The molecule has 1 aromatic rings. The van der Waals surface area contributed by atoms with Gasteiger partial charge in [-0.3, -0.25) is 9.80 Å². The van der Waals surface area contributed by atoms with Gasteiger partial charge in [-0.2, -0.15) is 0 Å². The van der Waals surface area contributed by atoms with Gasteiger partial charge in [0.15, 0.2) is 0 Å². The summed E-state index contributed by atoms with van der Waals surface area (Å²) < 4.78 is 5.36. The third-order valence-corrected chi connectivity index (χ3v) is 3.94. The monoisotopic (exact) mass is 305 g/mol. The molecular weight excluding hydrogens is 278 g/mol. The molecule has 0 saturated carbocycles. The lowest BCUT2D eigenvalue weighted by Crippen LogP contribution is -2.34. The summed E-state index contributed by atoms with van der Waals surface area (Å²) in [6.07, 6.45) is 3.91. The van der Waals surface area contributed by atoms with Gasteiger partial charge in [-0.15, -0.1) is 0 Å². The first-order chi connectivity index (χ1) is 10.3. The fraction of sp³-hybridized carbons (Fsp3) is 0.647. The molecule has 0 spiro atoms. The number of carbonyl (C=O) groups is 1. The van der Waals surface area contributed by atoms with Crippen molar-refractivity contribution in [2.75, 3.05) is 25.0 Å². The van der Waals surface area contributed by atoms with Gasteiger partial charge in [0.25, 0.3) is 0 Å². The molecule has 5 heteroatoms. The van der Waals surface area contributed by atoms with Gasteiger partial charge < -0.3 is 4.74 Å². The number of pyridine rings is 1. The smallest absolute Gasteiger partial charge is 0.415 e. The van der Waals surface area contributed by atoms with E-state index in [0.29, 0.717) is 11.9 Å². The number of ether oxygens (including phenoxy) is 1. The lowest BCUT2D eigenvalue weighted by Gasteiger charge is -2.25. The Balaban J connectivity index is 2.07. The molecule has 0 aromatic carbocycles. The molecule has 22 heavy (non-hydrogen) atoms. The summed E-state index contributed by atoms with van der Waals surface area (Å²) in [5.74, 6) is 0.610. The van der Waals surface area contributed by atoms with Gasteiger partial charge >= 0.3 is 6.09 Å². The van der Waals surface area contributed by atoms with E-state index in [9.17, 15) is 4.79 Å². The first-order valence-electron chi connectivity index (χ1n) is 7.98. The summed E-state index contributed by atoms with van der Waals surface area (Å²) in [5.41, 5.74) is 0.720. The molecule has 0 radical (unpaired) electrons. The predicted octanol–water partition coefficient (Wildman–Crippen LogP) is 3.61. The van der Waals surface area contributed by atoms with Crippen molar-refractivity contribution in [1.82, 2.24) is 9.88 Å². The van der Waals surface area contributed by atoms with Gasteiger partial charge in [0.1, 0.15) is 11.4 Å². The topological polar surface area (TPSA) is 45.7 Å². The van der Waals surface area contributed by atoms with E-state index in [-0.39, 0.29) is 6.09 Å². The van der Waals surface area contributed by atoms with Crippen LogP contribution in [0.25, 0.3) is 0 Å². The minimum Gasteiger partial charge on any atom is -0.443 e. The van der Waals surface area contributed by atoms with Crippen LogP contribution in [0.15, 0.2) is 18.3 Å². The van der Waals surface area contributed by atoms with Crippen molar-refractivity contribution in [3.8, 4) is 0 Å². The van der Waals surface area contributed by atoms with E-state index in [2.05, 4.69) is 22.9 Å². The molecule has 1 saturated heterocycles. The van der Waals surface area contributed by atoms with Crippen molar-refractivity contribution in [1.29, 1.82) is 0 Å². The van der Waals surface area contributed by atoms with Crippen molar-refractivity contribution in [2.24, 2.45) is 0 Å². The summed E-state index contributed by atoms with van der Waals surface area (Å²) in [6.45, 7) is 9.97. The third-order valence-electron chi connectivity index (χ3n) is 3.94. The Labute approximate surface area is 133 Å². The highest BCUT2D eigenvalue weighted by atomic mass is 16.6. The highest BCUT2D eigenvalue weighted by Crippen LogP contribution is 2.31. The van der Waals surface area contributed by atoms with Crippen LogP contribution in [0.5, 0.6) is 0 Å². The van der Waals surface area contributed by atoms with Crippen molar-refractivity contribution in [3.05, 3.63) is 23.9 Å². The minimum atomic E-state index is -0.503. The third kappa shape index (κ3) is 3.97. The molecule has 1 aliphatic heterocycles. The number of hydrogen-bond acceptors (Lipinski definition) is 4. The Bertz CT molecular complexity index is 508. The molecule has 1 aromatic heterocycles. The summed E-state index contributed by atoms with van der Waals surface area (Å²) >= 11 is 0. The van der Waals surface area contributed by atoms with E-state index in [1.54, 1.807) is 7.05 Å². The van der Waals surface area contributed by atoms with Crippen LogP contribution in [0.4, 0.5) is 10.6 Å². The van der Waals surface area contributed by atoms with Crippen molar-refractivity contribution >= 4 is 11.9 Å². The zero-order valence-corrected chi connectivity index (χ0v) is 14.3. The van der Waals surface area contributed by atoms with Gasteiger partial charge in [-0.1, -0.05) is 13.0 Å². The SMILES string of the molecule is CCN1CCCC1c1ccc(N(C)C(=O)OC(C)(C)C)nc1. The van der Waals surface area contributed by atoms with Crippen LogP contribution in [0.1, 0.15) is 52.1 Å². The van der Waals surface area contributed by atoms with E-state index in [0.717, 1.165) is 13.1 Å². The minimum absolute atomic E-state index is 0.385. The van der Waals surface area contributed by atoms with Gasteiger partial charge in [0, 0.05) is 19.3 Å². The van der Waals surface area contributed by atoms with Gasteiger partial charge in [0.05, 0.1) is 0 Å². The van der Waals surface area contributed by atoms with Crippen LogP contribution >= 0.6 is 0 Å². The van der Waals surface area contributed by atoms with Crippen LogP contribution in [0.3, 0.4) is 0 Å². The van der Waals surface area contributed by atoms with Crippen LogP contribution in [0.2, 0.25) is 0 Å². The second kappa shape index (κ2) is 6.65. The quantitative estimate of drug-likeness (QED) is 0.856. The molecule has 0 aliphatic carbocycles. The van der Waals surface area contributed by atoms with Crippen LogP contribution < -0.4 is 4.90 Å². The Morgan fingerprint density at radius 1 is 1.45 bits per heavy atom. The molecule has 122 valence electrons. The second-order valence-corrected chi connectivity index (χ2v) is 6.78. The highest BCUT2D eigenvalue weighted by molar-refractivity contribution is 5.85. The number of likely N-dealkylation sites (tertiary alicyclic amines) is 1. The molecular formula is C17H27N3O2. The molecule has 2 rings (SSSR count). The first kappa shape index (κ1) is 16.7. The molecule has 2 heterocycles. The van der Waals surface area contributed by atoms with Crippen LogP contribution in [-0.2, 0) is 4.74 Å². The fourth-order valence-electron chi connectivity index (χ4n) is 2.80. The van der Waals surface area contributed by atoms with Crippen molar-refractivity contribution in [3.63, 3.8) is 0 Å². The molecule has 1 amide bonds. The number of carbonyl (C=O) groups excluding carboxylic acids is 1. The molecule has 1 aliphatic rings. The van der Waals surface area contributed by atoms with Crippen LogP contribution in [-0.4, -0.2) is 41.7 Å². The molecule has 5 nitrogen and oxygen atoms in total. The number of aromatic nitrogens is 1.